The fourth-order valence-electron chi connectivity index (χ4n) is 1.87. The summed E-state index contributed by atoms with van der Waals surface area (Å²) >= 11 is 0. The van der Waals surface area contributed by atoms with E-state index in [0.717, 1.165) is 4.31 Å². The first-order valence-corrected chi connectivity index (χ1v) is 8.79. The molecule has 1 aromatic carbocycles. The van der Waals surface area contributed by atoms with Crippen LogP contribution in [0.4, 0.5) is 5.69 Å². The minimum absolute atomic E-state index is 0.00654. The molecule has 9 heteroatoms. The van der Waals surface area contributed by atoms with E-state index < -0.39 is 16.0 Å². The van der Waals surface area contributed by atoms with Crippen LogP contribution in [-0.2, 0) is 14.8 Å². The van der Waals surface area contributed by atoms with E-state index in [1.165, 1.54) is 44.6 Å². The van der Waals surface area contributed by atoms with Crippen molar-refractivity contribution in [2.45, 2.75) is 4.90 Å². The molecular formula is C16H19N3O5S. The number of carbonyl (C=O) groups is 1. The summed E-state index contributed by atoms with van der Waals surface area (Å²) in [4.78, 5) is 15.8. The first kappa shape index (κ1) is 18.7. The van der Waals surface area contributed by atoms with E-state index >= 15 is 0 Å². The van der Waals surface area contributed by atoms with Gasteiger partial charge in [-0.15, -0.1) is 0 Å². The van der Waals surface area contributed by atoms with Gasteiger partial charge in [-0.2, -0.15) is 0 Å². The van der Waals surface area contributed by atoms with Gasteiger partial charge in [0.2, 0.25) is 10.0 Å². The third kappa shape index (κ3) is 4.68. The lowest BCUT2D eigenvalue weighted by molar-refractivity contribution is 0.0445. The summed E-state index contributed by atoms with van der Waals surface area (Å²) < 4.78 is 35.5. The molecule has 0 atom stereocenters. The van der Waals surface area contributed by atoms with Crippen molar-refractivity contribution in [3.05, 3.63) is 48.3 Å². The number of esters is 1. The topological polar surface area (TPSA) is 112 Å². The van der Waals surface area contributed by atoms with Gasteiger partial charge in [-0.1, -0.05) is 0 Å². The quantitative estimate of drug-likeness (QED) is 0.578. The number of nitrogen functional groups attached to an aromatic ring is 1. The number of hydrogen-bond acceptors (Lipinski definition) is 7. The SMILES string of the molecule is CN(C)S(=O)(=O)c1ccc(OCCOC(=O)c2ncccc2N)cc1. The summed E-state index contributed by atoms with van der Waals surface area (Å²) in [5, 5.41) is 0. The molecule has 0 aliphatic carbocycles. The maximum Gasteiger partial charge on any atom is 0.359 e. The number of nitrogens with zero attached hydrogens (tertiary/aromatic N) is 2. The maximum atomic E-state index is 12.0. The third-order valence-corrected chi connectivity index (χ3v) is 5.05. The molecule has 2 aromatic rings. The molecule has 25 heavy (non-hydrogen) atoms. The lowest BCUT2D eigenvalue weighted by Crippen LogP contribution is -2.22. The van der Waals surface area contributed by atoms with Gasteiger partial charge in [0.1, 0.15) is 19.0 Å². The molecule has 0 fully saturated rings. The molecule has 0 amide bonds. The molecule has 0 aliphatic heterocycles. The number of carbonyl (C=O) groups excluding carboxylic acids is 1. The molecule has 1 heterocycles. The predicted molar refractivity (Wildman–Crippen MR) is 91.7 cm³/mol. The first-order valence-electron chi connectivity index (χ1n) is 7.35. The molecule has 0 radical (unpaired) electrons. The van der Waals surface area contributed by atoms with Crippen LogP contribution >= 0.6 is 0 Å². The molecular weight excluding hydrogens is 346 g/mol. The van der Waals surface area contributed by atoms with Crippen LogP contribution in [0.5, 0.6) is 5.75 Å². The van der Waals surface area contributed by atoms with Crippen molar-refractivity contribution < 1.29 is 22.7 Å². The van der Waals surface area contributed by atoms with Crippen molar-refractivity contribution in [2.75, 3.05) is 33.0 Å². The highest BCUT2D eigenvalue weighted by Gasteiger charge is 2.16. The number of ether oxygens (including phenoxy) is 2. The molecule has 134 valence electrons. The van der Waals surface area contributed by atoms with Crippen LogP contribution in [0.1, 0.15) is 10.5 Å². The molecule has 0 saturated carbocycles. The number of pyridine rings is 1. The molecule has 0 unspecified atom stereocenters. The third-order valence-electron chi connectivity index (χ3n) is 3.22. The van der Waals surface area contributed by atoms with Gasteiger partial charge in [0.15, 0.2) is 5.69 Å². The molecule has 8 nitrogen and oxygen atoms in total. The van der Waals surface area contributed by atoms with Gasteiger partial charge in [-0.05, 0) is 36.4 Å². The Morgan fingerprint density at radius 2 is 1.84 bits per heavy atom. The summed E-state index contributed by atoms with van der Waals surface area (Å²) in [6.07, 6.45) is 1.45. The molecule has 0 bridgehead atoms. The minimum atomic E-state index is -3.48. The average Bonchev–Trinajstić information content (AvgIpc) is 2.59. The first-order chi connectivity index (χ1) is 11.8. The summed E-state index contributed by atoms with van der Waals surface area (Å²) in [6.45, 7) is 0.116. The molecule has 2 rings (SSSR count). The van der Waals surface area contributed by atoms with Crippen LogP contribution in [0.2, 0.25) is 0 Å². The number of rotatable bonds is 7. The zero-order valence-corrected chi connectivity index (χ0v) is 14.7. The van der Waals surface area contributed by atoms with Crippen molar-refractivity contribution in [3.63, 3.8) is 0 Å². The standard InChI is InChI=1S/C16H19N3O5S/c1-19(2)25(21,22)13-7-5-12(6-8-13)23-10-11-24-16(20)15-14(17)4-3-9-18-15/h3-9H,10-11,17H2,1-2H3. The minimum Gasteiger partial charge on any atom is -0.490 e. The highest BCUT2D eigenvalue weighted by molar-refractivity contribution is 7.89. The fourth-order valence-corrected chi connectivity index (χ4v) is 2.77. The monoisotopic (exact) mass is 365 g/mol. The second-order valence-electron chi connectivity index (χ2n) is 5.18. The Bertz CT molecular complexity index is 835. The Hall–Kier alpha value is -2.65. The van der Waals surface area contributed by atoms with Gasteiger partial charge < -0.3 is 15.2 Å². The van der Waals surface area contributed by atoms with E-state index in [0.29, 0.717) is 5.75 Å². The van der Waals surface area contributed by atoms with Gasteiger partial charge in [0, 0.05) is 20.3 Å². The smallest absolute Gasteiger partial charge is 0.359 e. The van der Waals surface area contributed by atoms with Gasteiger partial charge in [-0.25, -0.2) is 22.5 Å². The molecule has 0 spiro atoms. The largest absolute Gasteiger partial charge is 0.490 e. The molecule has 1 aromatic heterocycles. The Labute approximate surface area is 146 Å². The van der Waals surface area contributed by atoms with Crippen molar-refractivity contribution in [1.82, 2.24) is 9.29 Å². The van der Waals surface area contributed by atoms with Crippen LogP contribution in [-0.4, -0.2) is 51.0 Å². The van der Waals surface area contributed by atoms with Crippen molar-refractivity contribution in [3.8, 4) is 5.75 Å². The van der Waals surface area contributed by atoms with E-state index in [1.54, 1.807) is 12.1 Å². The van der Waals surface area contributed by atoms with E-state index in [9.17, 15) is 13.2 Å². The Balaban J connectivity index is 1.85. The van der Waals surface area contributed by atoms with E-state index in [1.807, 2.05) is 0 Å². The fraction of sp³-hybridized carbons (Fsp3) is 0.250. The van der Waals surface area contributed by atoms with Crippen LogP contribution in [0.3, 0.4) is 0 Å². The Morgan fingerprint density at radius 3 is 2.44 bits per heavy atom. The Morgan fingerprint density at radius 1 is 1.16 bits per heavy atom. The molecule has 0 saturated heterocycles. The summed E-state index contributed by atoms with van der Waals surface area (Å²) in [5.74, 6) is -0.166. The van der Waals surface area contributed by atoms with E-state index in [4.69, 9.17) is 15.2 Å². The number of hydrogen-bond donors (Lipinski definition) is 1. The van der Waals surface area contributed by atoms with Gasteiger partial charge in [0.25, 0.3) is 0 Å². The van der Waals surface area contributed by atoms with E-state index in [2.05, 4.69) is 4.98 Å². The zero-order chi connectivity index (χ0) is 18.4. The maximum absolute atomic E-state index is 12.0. The number of aromatic nitrogens is 1. The summed E-state index contributed by atoms with van der Waals surface area (Å²) in [7, 11) is -0.554. The van der Waals surface area contributed by atoms with Gasteiger partial charge in [-0.3, -0.25) is 0 Å². The number of sulfonamides is 1. The van der Waals surface area contributed by atoms with Crippen LogP contribution in [0.25, 0.3) is 0 Å². The zero-order valence-electron chi connectivity index (χ0n) is 13.9. The van der Waals surface area contributed by atoms with Gasteiger partial charge >= 0.3 is 5.97 Å². The molecule has 0 aliphatic rings. The van der Waals surface area contributed by atoms with Crippen molar-refractivity contribution in [1.29, 1.82) is 0 Å². The van der Waals surface area contributed by atoms with E-state index in [-0.39, 0.29) is 29.5 Å². The number of nitrogens with two attached hydrogens (primary N) is 1. The second-order valence-corrected chi connectivity index (χ2v) is 7.34. The van der Waals surface area contributed by atoms with Crippen LogP contribution in [0, 0.1) is 0 Å². The molecule has 2 N–H and O–H groups in total. The Kier molecular flexibility index (Phi) is 5.94. The summed E-state index contributed by atoms with van der Waals surface area (Å²) in [5.41, 5.74) is 5.94. The normalized spacial score (nSPS) is 11.3. The highest BCUT2D eigenvalue weighted by Crippen LogP contribution is 2.18. The lowest BCUT2D eigenvalue weighted by Gasteiger charge is -2.12. The average molecular weight is 365 g/mol. The second kappa shape index (κ2) is 7.95. The van der Waals surface area contributed by atoms with Gasteiger partial charge in [0.05, 0.1) is 10.6 Å². The number of benzene rings is 1. The van der Waals surface area contributed by atoms with Crippen LogP contribution < -0.4 is 10.5 Å². The van der Waals surface area contributed by atoms with Crippen LogP contribution in [0.15, 0.2) is 47.5 Å². The summed E-state index contributed by atoms with van der Waals surface area (Å²) in [6, 6.07) is 9.15. The highest BCUT2D eigenvalue weighted by atomic mass is 32.2. The predicted octanol–water partition coefficient (Wildman–Crippen LogP) is 1.15. The lowest BCUT2D eigenvalue weighted by atomic mass is 10.3. The number of anilines is 1. The van der Waals surface area contributed by atoms with Crippen molar-refractivity contribution in [2.24, 2.45) is 0 Å². The van der Waals surface area contributed by atoms with Crippen molar-refractivity contribution >= 4 is 21.7 Å².